The first-order chi connectivity index (χ1) is 9.34. The molecule has 0 fully saturated rings. The van der Waals surface area contributed by atoms with E-state index in [1.54, 1.807) is 0 Å². The highest BCUT2D eigenvalue weighted by Crippen LogP contribution is 2.35. The maximum Gasteiger partial charge on any atom is 0.419 e. The summed E-state index contributed by atoms with van der Waals surface area (Å²) in [5.41, 5.74) is -1.05. The minimum absolute atomic E-state index is 0.0964. The summed E-state index contributed by atoms with van der Waals surface area (Å²) >= 11 is 4.92. The number of nitrogens with one attached hydrogen (secondary N) is 1. The van der Waals surface area contributed by atoms with Crippen LogP contribution in [0.5, 0.6) is 5.75 Å². The zero-order chi connectivity index (χ0) is 14.9. The third kappa shape index (κ3) is 2.64. The molecular formula is C12H8F4N2OS. The Labute approximate surface area is 116 Å². The van der Waals surface area contributed by atoms with Crippen molar-refractivity contribution in [1.29, 1.82) is 0 Å². The second kappa shape index (κ2) is 5.20. The molecule has 0 radical (unpaired) electrons. The van der Waals surface area contributed by atoms with E-state index in [0.717, 1.165) is 6.07 Å². The van der Waals surface area contributed by atoms with Gasteiger partial charge >= 0.3 is 6.18 Å². The number of hydrogen-bond donors (Lipinski definition) is 1. The van der Waals surface area contributed by atoms with Gasteiger partial charge in [-0.1, -0.05) is 12.2 Å². The van der Waals surface area contributed by atoms with Gasteiger partial charge < -0.3 is 9.72 Å². The highest BCUT2D eigenvalue weighted by atomic mass is 32.1. The van der Waals surface area contributed by atoms with E-state index in [0.29, 0.717) is 6.07 Å². The van der Waals surface area contributed by atoms with Crippen LogP contribution in [0.1, 0.15) is 5.56 Å². The normalized spacial score (nSPS) is 11.4. The first-order valence-corrected chi connectivity index (χ1v) is 5.74. The second-order valence-corrected chi connectivity index (χ2v) is 4.20. The van der Waals surface area contributed by atoms with Crippen molar-refractivity contribution >= 4 is 12.2 Å². The number of aromatic amines is 1. The lowest BCUT2D eigenvalue weighted by Gasteiger charge is -2.12. The van der Waals surface area contributed by atoms with Gasteiger partial charge in [0, 0.05) is 5.56 Å². The first kappa shape index (κ1) is 14.4. The molecule has 0 spiro atoms. The van der Waals surface area contributed by atoms with E-state index in [9.17, 15) is 17.6 Å². The molecule has 1 aromatic heterocycles. The molecule has 2 rings (SSSR count). The Morgan fingerprint density at radius 1 is 1.30 bits per heavy atom. The molecule has 0 amide bonds. The largest absolute Gasteiger partial charge is 0.491 e. The smallest absolute Gasteiger partial charge is 0.419 e. The summed E-state index contributed by atoms with van der Waals surface area (Å²) in [5, 5.41) is 0. The molecule has 0 bridgehead atoms. The lowest BCUT2D eigenvalue weighted by atomic mass is 10.1. The van der Waals surface area contributed by atoms with E-state index in [1.807, 2.05) is 0 Å². The van der Waals surface area contributed by atoms with Gasteiger partial charge in [-0.15, -0.1) is 0 Å². The minimum atomic E-state index is -4.78. The topological polar surface area (TPSA) is 37.9 Å². The number of benzene rings is 1. The number of rotatable bonds is 2. The predicted octanol–water partition coefficient (Wildman–Crippen LogP) is 3.97. The van der Waals surface area contributed by atoms with Crippen LogP contribution in [0.3, 0.4) is 0 Å². The number of nitrogens with zero attached hydrogens (tertiary/aromatic N) is 1. The molecule has 1 N–H and O–H groups in total. The van der Waals surface area contributed by atoms with Crippen LogP contribution in [-0.2, 0) is 6.18 Å². The van der Waals surface area contributed by atoms with Crippen molar-refractivity contribution in [2.75, 3.05) is 7.11 Å². The van der Waals surface area contributed by atoms with Gasteiger partial charge in [0.1, 0.15) is 5.82 Å². The third-order valence-electron chi connectivity index (χ3n) is 2.58. The molecular weight excluding hydrogens is 296 g/mol. The fourth-order valence-corrected chi connectivity index (χ4v) is 1.93. The quantitative estimate of drug-likeness (QED) is 0.674. The molecule has 20 heavy (non-hydrogen) atoms. The van der Waals surface area contributed by atoms with Gasteiger partial charge in [-0.3, -0.25) is 0 Å². The lowest BCUT2D eigenvalue weighted by molar-refractivity contribution is -0.139. The Morgan fingerprint density at radius 2 is 2.00 bits per heavy atom. The summed E-state index contributed by atoms with van der Waals surface area (Å²) in [4.78, 5) is 6.41. The molecule has 2 aromatic rings. The number of ether oxygens (including phenoxy) is 1. The van der Waals surface area contributed by atoms with E-state index in [-0.39, 0.29) is 21.6 Å². The fraction of sp³-hybridized carbons (Fsp3) is 0.167. The van der Waals surface area contributed by atoms with Crippen LogP contribution >= 0.6 is 12.2 Å². The zero-order valence-electron chi connectivity index (χ0n) is 10.1. The number of methoxy groups -OCH3 is 1. The van der Waals surface area contributed by atoms with Gasteiger partial charge in [0.15, 0.2) is 10.4 Å². The molecule has 0 aliphatic rings. The van der Waals surface area contributed by atoms with Gasteiger partial charge in [0.05, 0.1) is 24.7 Å². The van der Waals surface area contributed by atoms with Crippen molar-refractivity contribution in [3.05, 3.63) is 40.5 Å². The first-order valence-electron chi connectivity index (χ1n) is 5.33. The Balaban J connectivity index is 2.66. The number of alkyl halides is 3. The van der Waals surface area contributed by atoms with E-state index < -0.39 is 17.6 Å². The van der Waals surface area contributed by atoms with Crippen LogP contribution in [0.15, 0.2) is 24.5 Å². The number of H-pyrrole nitrogens is 1. The van der Waals surface area contributed by atoms with Crippen LogP contribution in [0.4, 0.5) is 17.6 Å². The summed E-state index contributed by atoms with van der Waals surface area (Å²) < 4.78 is 56.4. The highest BCUT2D eigenvalue weighted by molar-refractivity contribution is 7.71. The Bertz CT molecular complexity index is 697. The van der Waals surface area contributed by atoms with Gasteiger partial charge in [0.2, 0.25) is 0 Å². The Morgan fingerprint density at radius 3 is 2.60 bits per heavy atom. The molecule has 0 aliphatic heterocycles. The molecule has 0 saturated carbocycles. The molecule has 0 saturated heterocycles. The van der Waals surface area contributed by atoms with Crippen molar-refractivity contribution < 1.29 is 22.3 Å². The van der Waals surface area contributed by atoms with Crippen molar-refractivity contribution in [3.8, 4) is 17.0 Å². The minimum Gasteiger partial charge on any atom is -0.491 e. The molecule has 0 atom stereocenters. The highest BCUT2D eigenvalue weighted by Gasteiger charge is 2.34. The van der Waals surface area contributed by atoms with E-state index in [2.05, 4.69) is 9.97 Å². The summed E-state index contributed by atoms with van der Waals surface area (Å²) in [6.07, 6.45) is -3.55. The van der Waals surface area contributed by atoms with Crippen molar-refractivity contribution in [2.45, 2.75) is 6.18 Å². The molecule has 0 unspecified atom stereocenters. The van der Waals surface area contributed by atoms with Crippen LogP contribution in [0.2, 0.25) is 0 Å². The molecule has 8 heteroatoms. The van der Waals surface area contributed by atoms with E-state index >= 15 is 0 Å². The van der Waals surface area contributed by atoms with Crippen LogP contribution < -0.4 is 4.74 Å². The summed E-state index contributed by atoms with van der Waals surface area (Å²) in [5.74, 6) is -1.21. The summed E-state index contributed by atoms with van der Waals surface area (Å²) in [6, 6.07) is 2.64. The Kier molecular flexibility index (Phi) is 3.76. The van der Waals surface area contributed by atoms with Gasteiger partial charge in [-0.25, -0.2) is 9.37 Å². The second-order valence-electron chi connectivity index (χ2n) is 3.81. The molecule has 3 nitrogen and oxygen atoms in total. The van der Waals surface area contributed by atoms with E-state index in [4.69, 9.17) is 17.0 Å². The maximum absolute atomic E-state index is 13.2. The van der Waals surface area contributed by atoms with Crippen LogP contribution in [0.25, 0.3) is 11.3 Å². The molecule has 106 valence electrons. The summed E-state index contributed by atoms with van der Waals surface area (Å²) in [7, 11) is 1.32. The SMILES string of the molecule is COc1c(-c2ccc(F)c(C(F)(F)F)c2)[nH]cnc1=S. The zero-order valence-corrected chi connectivity index (χ0v) is 10.9. The van der Waals surface area contributed by atoms with Crippen molar-refractivity contribution in [2.24, 2.45) is 0 Å². The maximum atomic E-state index is 13.2. The monoisotopic (exact) mass is 304 g/mol. The predicted molar refractivity (Wildman–Crippen MR) is 66.4 cm³/mol. The molecule has 1 heterocycles. The van der Waals surface area contributed by atoms with Gasteiger partial charge in [0.25, 0.3) is 0 Å². The van der Waals surface area contributed by atoms with Gasteiger partial charge in [-0.05, 0) is 18.2 Å². The standard InChI is InChI=1S/C12H8F4N2OS/c1-19-10-9(17-5-18-11(10)20)6-2-3-8(13)7(4-6)12(14,15)16/h2-5H,1H3,(H,17,18,20). The van der Waals surface area contributed by atoms with E-state index in [1.165, 1.54) is 19.5 Å². The fourth-order valence-electron chi connectivity index (χ4n) is 1.69. The number of halogens is 4. The lowest BCUT2D eigenvalue weighted by Crippen LogP contribution is -2.08. The van der Waals surface area contributed by atoms with Crippen LogP contribution in [-0.4, -0.2) is 17.1 Å². The molecule has 1 aromatic carbocycles. The average Bonchev–Trinajstić information content (AvgIpc) is 2.37. The molecule has 0 aliphatic carbocycles. The van der Waals surface area contributed by atoms with Gasteiger partial charge in [-0.2, -0.15) is 13.2 Å². The number of aromatic nitrogens is 2. The Hall–Kier alpha value is -1.96. The van der Waals surface area contributed by atoms with Crippen molar-refractivity contribution in [3.63, 3.8) is 0 Å². The summed E-state index contributed by atoms with van der Waals surface area (Å²) in [6.45, 7) is 0. The van der Waals surface area contributed by atoms with Crippen LogP contribution in [0, 0.1) is 10.5 Å². The van der Waals surface area contributed by atoms with Crippen molar-refractivity contribution in [1.82, 2.24) is 9.97 Å². The third-order valence-corrected chi connectivity index (χ3v) is 2.87. The number of hydrogen-bond acceptors (Lipinski definition) is 3. The average molecular weight is 304 g/mol.